The standard InChI is InChI=1S/C23H29NO3S/c1-19-12-14-20(15-13-19)9-5-2-3-8-16-24-22(25)17-23(24)28(26,27)18-21-10-6-4-7-11-21/h4,6-7,10-15,23H,2-3,5,8-9,16-18H2,1H3/q+1. The number of nitrogens with zero attached hydrogens (tertiary/aromatic N) is 1. The number of hydrogen-bond acceptors (Lipinski definition) is 3. The number of sulfone groups is 1. The fraction of sp³-hybridized carbons (Fsp3) is 0.435. The number of carbonyl (C=O) groups excluding carboxylic acids is 1. The topological polar surface area (TPSA) is 57.1 Å². The molecule has 0 spiro atoms. The first kappa shape index (κ1) is 20.7. The summed E-state index contributed by atoms with van der Waals surface area (Å²) in [5.41, 5.74) is 3.41. The van der Waals surface area contributed by atoms with Gasteiger partial charge in [0.2, 0.25) is 9.84 Å². The number of benzene rings is 2. The fourth-order valence-electron chi connectivity index (χ4n) is 3.64. The first-order chi connectivity index (χ1) is 13.5. The zero-order valence-corrected chi connectivity index (χ0v) is 17.3. The number of rotatable bonds is 10. The minimum atomic E-state index is -3.34. The predicted octanol–water partition coefficient (Wildman–Crippen LogP) is 4.11. The normalized spacial score (nSPS) is 17.5. The summed E-state index contributed by atoms with van der Waals surface area (Å²) >= 11 is 0. The highest BCUT2D eigenvalue weighted by atomic mass is 32.2. The zero-order chi connectivity index (χ0) is 20.0. The van der Waals surface area contributed by atoms with Crippen LogP contribution in [-0.2, 0) is 26.8 Å². The van der Waals surface area contributed by atoms with Crippen LogP contribution in [0.1, 0.15) is 48.8 Å². The Hall–Kier alpha value is -1.98. The van der Waals surface area contributed by atoms with Crippen molar-refractivity contribution >= 4 is 15.7 Å². The highest BCUT2D eigenvalue weighted by Crippen LogP contribution is 2.25. The third-order valence-corrected chi connectivity index (χ3v) is 7.36. The Labute approximate surface area is 168 Å². The van der Waals surface area contributed by atoms with Crippen LogP contribution in [0.2, 0.25) is 0 Å². The van der Waals surface area contributed by atoms with E-state index >= 15 is 0 Å². The molecule has 1 amide bonds. The summed E-state index contributed by atoms with van der Waals surface area (Å²) in [6.45, 7) is 2.64. The first-order valence-electron chi connectivity index (χ1n) is 10.1. The van der Waals surface area contributed by atoms with Crippen LogP contribution in [0.15, 0.2) is 54.6 Å². The van der Waals surface area contributed by atoms with Crippen LogP contribution in [-0.4, -0.2) is 26.2 Å². The maximum Gasteiger partial charge on any atom is 0.369 e. The summed E-state index contributed by atoms with van der Waals surface area (Å²) in [6.07, 6.45) is 5.28. The third-order valence-electron chi connectivity index (χ3n) is 5.38. The number of β-lactam (4-membered cyclic amide) rings is 1. The van der Waals surface area contributed by atoms with Crippen LogP contribution in [0.5, 0.6) is 0 Å². The zero-order valence-electron chi connectivity index (χ0n) is 16.5. The van der Waals surface area contributed by atoms with Crippen molar-refractivity contribution in [3.8, 4) is 0 Å². The lowest BCUT2D eigenvalue weighted by Gasteiger charge is -2.27. The van der Waals surface area contributed by atoms with Crippen molar-refractivity contribution in [1.82, 2.24) is 4.90 Å². The molecule has 0 aliphatic carbocycles. The average molecular weight is 400 g/mol. The number of carbonyl (C=O) groups is 1. The molecule has 2 aromatic rings. The highest BCUT2D eigenvalue weighted by Gasteiger charge is 2.55. The molecule has 1 saturated heterocycles. The minimum absolute atomic E-state index is 0.00115. The quantitative estimate of drug-likeness (QED) is 0.343. The van der Waals surface area contributed by atoms with Crippen LogP contribution in [0, 0.1) is 6.92 Å². The first-order valence-corrected chi connectivity index (χ1v) is 11.8. The third kappa shape index (κ3) is 5.52. The second-order valence-electron chi connectivity index (χ2n) is 7.69. The van der Waals surface area contributed by atoms with Gasteiger partial charge < -0.3 is 0 Å². The van der Waals surface area contributed by atoms with Gasteiger partial charge in [-0.3, -0.25) is 0 Å². The number of unbranched alkanes of at least 4 members (excludes halogenated alkanes) is 3. The highest BCUT2D eigenvalue weighted by molar-refractivity contribution is 7.91. The SMILES string of the molecule is Cc1ccc(CCCCCC[N+]2C(=O)CC2S(=O)(=O)Cc2ccccc2)cc1. The summed E-state index contributed by atoms with van der Waals surface area (Å²) in [5.74, 6) is -0.0416. The van der Waals surface area contributed by atoms with Crippen LogP contribution in [0.3, 0.4) is 0 Å². The van der Waals surface area contributed by atoms with Gasteiger partial charge in [0, 0.05) is 6.42 Å². The Morgan fingerprint density at radius 3 is 2.25 bits per heavy atom. The molecule has 1 radical (unpaired) electrons. The molecule has 1 aliphatic rings. The van der Waals surface area contributed by atoms with E-state index in [9.17, 15) is 13.2 Å². The summed E-state index contributed by atoms with van der Waals surface area (Å²) in [4.78, 5) is 13.5. The van der Waals surface area contributed by atoms with E-state index in [0.29, 0.717) is 6.54 Å². The van der Waals surface area contributed by atoms with E-state index in [1.807, 2.05) is 30.3 Å². The van der Waals surface area contributed by atoms with Crippen molar-refractivity contribution in [2.45, 2.75) is 56.6 Å². The molecule has 2 aromatic carbocycles. The van der Waals surface area contributed by atoms with Gasteiger partial charge >= 0.3 is 5.91 Å². The molecule has 1 fully saturated rings. The molecule has 28 heavy (non-hydrogen) atoms. The van der Waals surface area contributed by atoms with Gasteiger partial charge in [0.1, 0.15) is 13.0 Å². The number of hydrogen-bond donors (Lipinski definition) is 0. The number of aryl methyl sites for hydroxylation is 2. The van der Waals surface area contributed by atoms with E-state index in [1.165, 1.54) is 11.1 Å². The monoisotopic (exact) mass is 399 g/mol. The smallest absolute Gasteiger partial charge is 0.225 e. The molecule has 0 N–H and O–H groups in total. The lowest BCUT2D eigenvalue weighted by atomic mass is 10.0. The second-order valence-corrected chi connectivity index (χ2v) is 9.85. The minimum Gasteiger partial charge on any atom is -0.225 e. The fourth-order valence-corrected chi connectivity index (χ4v) is 5.49. The van der Waals surface area contributed by atoms with E-state index in [-0.39, 0.29) is 18.1 Å². The number of amides is 1. The summed E-state index contributed by atoms with van der Waals surface area (Å²) in [5, 5.41) is -0.646. The van der Waals surface area contributed by atoms with E-state index < -0.39 is 15.2 Å². The van der Waals surface area contributed by atoms with Gasteiger partial charge in [0.25, 0.3) is 5.37 Å². The van der Waals surface area contributed by atoms with E-state index in [4.69, 9.17) is 0 Å². The average Bonchev–Trinajstić information content (AvgIpc) is 2.67. The molecule has 149 valence electrons. The molecule has 1 aliphatic heterocycles. The van der Waals surface area contributed by atoms with Gasteiger partial charge in [-0.2, -0.15) is 0 Å². The Kier molecular flexibility index (Phi) is 7.03. The van der Waals surface area contributed by atoms with Gasteiger partial charge in [-0.15, -0.1) is 0 Å². The molecule has 1 atom stereocenters. The Morgan fingerprint density at radius 1 is 0.893 bits per heavy atom. The molecule has 1 unspecified atom stereocenters. The predicted molar refractivity (Wildman–Crippen MR) is 113 cm³/mol. The Bertz CT molecular complexity index is 876. The van der Waals surface area contributed by atoms with Gasteiger partial charge in [-0.25, -0.2) is 13.2 Å². The maximum atomic E-state index is 12.7. The van der Waals surface area contributed by atoms with E-state index in [0.717, 1.165) is 37.7 Å². The lowest BCUT2D eigenvalue weighted by Crippen LogP contribution is -2.61. The van der Waals surface area contributed by atoms with Crippen molar-refractivity contribution in [2.24, 2.45) is 0 Å². The Morgan fingerprint density at radius 2 is 1.57 bits per heavy atom. The molecular weight excluding hydrogens is 370 g/mol. The maximum absolute atomic E-state index is 12.7. The van der Waals surface area contributed by atoms with Gasteiger partial charge in [-0.05, 0) is 37.3 Å². The van der Waals surface area contributed by atoms with Gasteiger partial charge in [0.15, 0.2) is 0 Å². The molecule has 5 heteroatoms. The molecular formula is C23H29NO3S+. The lowest BCUT2D eigenvalue weighted by molar-refractivity contribution is -0.133. The van der Waals surface area contributed by atoms with E-state index in [2.05, 4.69) is 31.2 Å². The second kappa shape index (κ2) is 9.48. The van der Waals surface area contributed by atoms with Crippen LogP contribution in [0.4, 0.5) is 0 Å². The summed E-state index contributed by atoms with van der Waals surface area (Å²) < 4.78 is 25.3. The molecule has 0 saturated carbocycles. The summed E-state index contributed by atoms with van der Waals surface area (Å²) in [6, 6.07) is 17.8. The van der Waals surface area contributed by atoms with Crippen LogP contribution in [0.25, 0.3) is 0 Å². The molecule has 3 rings (SSSR count). The number of likely N-dealkylation sites (tertiary alicyclic amines) is 1. The van der Waals surface area contributed by atoms with Gasteiger partial charge in [-0.1, -0.05) is 71.5 Å². The largest absolute Gasteiger partial charge is 0.369 e. The van der Waals surface area contributed by atoms with Crippen molar-refractivity contribution < 1.29 is 13.2 Å². The van der Waals surface area contributed by atoms with Crippen molar-refractivity contribution in [2.75, 3.05) is 6.54 Å². The molecule has 0 bridgehead atoms. The van der Waals surface area contributed by atoms with Crippen LogP contribution < -0.4 is 4.90 Å². The molecule has 0 aromatic heterocycles. The molecule has 1 heterocycles. The van der Waals surface area contributed by atoms with Crippen molar-refractivity contribution in [1.29, 1.82) is 0 Å². The van der Waals surface area contributed by atoms with Crippen molar-refractivity contribution in [3.05, 3.63) is 71.3 Å². The van der Waals surface area contributed by atoms with Crippen molar-refractivity contribution in [3.63, 3.8) is 0 Å². The van der Waals surface area contributed by atoms with Gasteiger partial charge in [0.05, 0.1) is 5.75 Å². The van der Waals surface area contributed by atoms with Crippen LogP contribution >= 0.6 is 0 Å². The summed E-state index contributed by atoms with van der Waals surface area (Å²) in [7, 11) is -3.34. The Balaban J connectivity index is 1.39. The molecule has 4 nitrogen and oxygen atoms in total. The van der Waals surface area contributed by atoms with E-state index in [1.54, 1.807) is 4.90 Å².